The van der Waals surface area contributed by atoms with Gasteiger partial charge in [0.15, 0.2) is 5.58 Å². The number of carbonyl (C=O) groups excluding carboxylic acids is 1. The number of para-hydroxylation sites is 2. The zero-order chi connectivity index (χ0) is 20.4. The van der Waals surface area contributed by atoms with Gasteiger partial charge in [0, 0.05) is 5.69 Å². The first-order chi connectivity index (χ1) is 14.1. The van der Waals surface area contributed by atoms with Gasteiger partial charge in [-0.25, -0.2) is 4.98 Å². The fourth-order valence-corrected chi connectivity index (χ4v) is 3.73. The highest BCUT2D eigenvalue weighted by Crippen LogP contribution is 2.28. The van der Waals surface area contributed by atoms with Crippen LogP contribution >= 0.6 is 11.8 Å². The van der Waals surface area contributed by atoms with Crippen LogP contribution in [0.1, 0.15) is 22.6 Å². The van der Waals surface area contributed by atoms with Gasteiger partial charge in [-0.3, -0.25) is 4.79 Å². The Labute approximate surface area is 171 Å². The normalized spacial score (nSPS) is 10.9. The Bertz CT molecular complexity index is 1180. The Balaban J connectivity index is 1.52. The van der Waals surface area contributed by atoms with Crippen LogP contribution in [0.4, 0.5) is 5.82 Å². The van der Waals surface area contributed by atoms with E-state index in [1.165, 1.54) is 11.8 Å². The lowest BCUT2D eigenvalue weighted by Crippen LogP contribution is -2.18. The second-order valence-corrected chi connectivity index (χ2v) is 7.42. The minimum absolute atomic E-state index is 0.113. The van der Waals surface area contributed by atoms with E-state index in [4.69, 9.17) is 8.83 Å². The monoisotopic (exact) mass is 406 g/mol. The van der Waals surface area contributed by atoms with Crippen LogP contribution in [0, 0.1) is 25.2 Å². The molecule has 1 N–H and O–H groups in total. The number of furan rings is 1. The smallest absolute Gasteiger partial charge is 0.257 e. The Morgan fingerprint density at radius 3 is 2.83 bits per heavy atom. The van der Waals surface area contributed by atoms with E-state index < -0.39 is 0 Å². The summed E-state index contributed by atoms with van der Waals surface area (Å²) in [7, 11) is 0. The fraction of sp³-hybridized carbons (Fsp3) is 0.190. The van der Waals surface area contributed by atoms with E-state index in [-0.39, 0.29) is 11.7 Å². The number of amides is 1. The Kier molecular flexibility index (Phi) is 5.14. The van der Waals surface area contributed by atoms with E-state index in [2.05, 4.69) is 16.4 Å². The molecule has 4 aromatic rings. The molecular weight excluding hydrogens is 388 g/mol. The molecule has 0 saturated heterocycles. The minimum Gasteiger partial charge on any atom is -0.467 e. The van der Waals surface area contributed by atoms with Gasteiger partial charge in [0.2, 0.25) is 5.91 Å². The zero-order valence-electron chi connectivity index (χ0n) is 15.9. The molecule has 3 heterocycles. The van der Waals surface area contributed by atoms with Crippen LogP contribution in [-0.2, 0) is 11.3 Å². The number of oxazole rings is 1. The van der Waals surface area contributed by atoms with E-state index in [9.17, 15) is 10.1 Å². The summed E-state index contributed by atoms with van der Waals surface area (Å²) >= 11 is 1.21. The third-order valence-electron chi connectivity index (χ3n) is 4.69. The Morgan fingerprint density at radius 1 is 1.28 bits per heavy atom. The SMILES string of the molecule is Cc1c(C#N)c(NC(=O)CSc2nc3ccccc3o2)n(Cc2ccco2)c1C. The molecule has 1 amide bonds. The number of anilines is 1. The maximum atomic E-state index is 12.6. The number of hydrogen-bond donors (Lipinski definition) is 1. The molecule has 3 aromatic heterocycles. The van der Waals surface area contributed by atoms with E-state index in [0.29, 0.717) is 28.7 Å². The first kappa shape index (κ1) is 18.9. The predicted molar refractivity (Wildman–Crippen MR) is 110 cm³/mol. The highest BCUT2D eigenvalue weighted by molar-refractivity contribution is 7.99. The Morgan fingerprint density at radius 2 is 2.10 bits per heavy atom. The lowest BCUT2D eigenvalue weighted by Gasteiger charge is -2.11. The molecule has 7 nitrogen and oxygen atoms in total. The lowest BCUT2D eigenvalue weighted by molar-refractivity contribution is -0.113. The van der Waals surface area contributed by atoms with Gasteiger partial charge in [0.1, 0.15) is 23.2 Å². The first-order valence-corrected chi connectivity index (χ1v) is 9.95. The van der Waals surface area contributed by atoms with Crippen molar-refractivity contribution < 1.29 is 13.6 Å². The molecule has 0 fully saturated rings. The minimum atomic E-state index is -0.244. The molecule has 4 rings (SSSR count). The highest BCUT2D eigenvalue weighted by atomic mass is 32.2. The van der Waals surface area contributed by atoms with E-state index in [1.807, 2.05) is 54.8 Å². The molecule has 0 bridgehead atoms. The average Bonchev–Trinajstić information content (AvgIpc) is 3.42. The van der Waals surface area contributed by atoms with E-state index >= 15 is 0 Å². The summed E-state index contributed by atoms with van der Waals surface area (Å²) in [6, 6.07) is 13.3. The van der Waals surface area contributed by atoms with Crippen molar-refractivity contribution in [3.8, 4) is 6.07 Å². The van der Waals surface area contributed by atoms with Crippen LogP contribution in [0.2, 0.25) is 0 Å². The van der Waals surface area contributed by atoms with Gasteiger partial charge >= 0.3 is 0 Å². The van der Waals surface area contributed by atoms with Crippen LogP contribution in [0.5, 0.6) is 0 Å². The van der Waals surface area contributed by atoms with Crippen molar-refractivity contribution in [3.63, 3.8) is 0 Å². The summed E-state index contributed by atoms with van der Waals surface area (Å²) in [5, 5.41) is 12.9. The molecule has 0 atom stereocenters. The molecule has 0 aliphatic carbocycles. The number of hydrogen-bond acceptors (Lipinski definition) is 6. The number of benzene rings is 1. The van der Waals surface area contributed by atoms with Gasteiger partial charge in [-0.2, -0.15) is 5.26 Å². The molecule has 0 aliphatic heterocycles. The third kappa shape index (κ3) is 3.77. The summed E-state index contributed by atoms with van der Waals surface area (Å²) in [4.78, 5) is 17.0. The number of rotatable bonds is 6. The second-order valence-electron chi connectivity index (χ2n) is 6.50. The van der Waals surface area contributed by atoms with Crippen molar-refractivity contribution in [2.45, 2.75) is 25.6 Å². The number of carbonyl (C=O) groups is 1. The summed E-state index contributed by atoms with van der Waals surface area (Å²) < 4.78 is 12.9. The molecule has 0 spiro atoms. The molecule has 8 heteroatoms. The number of nitrogens with zero attached hydrogens (tertiary/aromatic N) is 3. The zero-order valence-corrected chi connectivity index (χ0v) is 16.7. The lowest BCUT2D eigenvalue weighted by atomic mass is 10.2. The van der Waals surface area contributed by atoms with E-state index in [0.717, 1.165) is 22.5 Å². The molecule has 0 aliphatic rings. The van der Waals surface area contributed by atoms with Gasteiger partial charge in [-0.15, -0.1) is 0 Å². The summed E-state index contributed by atoms with van der Waals surface area (Å²) in [5.41, 5.74) is 3.62. The molecule has 0 saturated carbocycles. The second kappa shape index (κ2) is 7.89. The number of fused-ring (bicyclic) bond motifs is 1. The summed E-state index contributed by atoms with van der Waals surface area (Å²) in [6.07, 6.45) is 1.60. The maximum absolute atomic E-state index is 12.6. The highest BCUT2D eigenvalue weighted by Gasteiger charge is 2.20. The summed E-state index contributed by atoms with van der Waals surface area (Å²) in [6.45, 7) is 4.21. The molecule has 0 radical (unpaired) electrons. The van der Waals surface area contributed by atoms with Gasteiger partial charge in [-0.1, -0.05) is 23.9 Å². The van der Waals surface area contributed by atoms with Crippen molar-refractivity contribution in [1.29, 1.82) is 5.26 Å². The number of aromatic nitrogens is 2. The van der Waals surface area contributed by atoms with Crippen LogP contribution < -0.4 is 5.32 Å². The van der Waals surface area contributed by atoms with Crippen LogP contribution in [0.15, 0.2) is 56.7 Å². The topological polar surface area (TPSA) is 97.0 Å². The number of thioether (sulfide) groups is 1. The van der Waals surface area contributed by atoms with Crippen LogP contribution in [0.3, 0.4) is 0 Å². The standard InChI is InChI=1S/C21H18N4O3S/c1-13-14(2)25(11-15-6-5-9-27-15)20(16(13)10-22)24-19(26)12-29-21-23-17-7-3-4-8-18(17)28-21/h3-9H,11-12H2,1-2H3,(H,24,26). The van der Waals surface area contributed by atoms with Gasteiger partial charge in [0.25, 0.3) is 5.22 Å². The van der Waals surface area contributed by atoms with Crippen molar-refractivity contribution >= 4 is 34.6 Å². The average molecular weight is 406 g/mol. The fourth-order valence-electron chi connectivity index (χ4n) is 3.09. The van der Waals surface area contributed by atoms with Crippen molar-refractivity contribution in [2.75, 3.05) is 11.1 Å². The Hall–Kier alpha value is -3.44. The quantitative estimate of drug-likeness (QED) is 0.474. The van der Waals surface area contributed by atoms with Gasteiger partial charge in [-0.05, 0) is 43.7 Å². The molecule has 0 unspecified atom stereocenters. The van der Waals surface area contributed by atoms with Crippen LogP contribution in [0.25, 0.3) is 11.1 Å². The largest absolute Gasteiger partial charge is 0.467 e. The summed E-state index contributed by atoms with van der Waals surface area (Å²) in [5.74, 6) is 1.08. The van der Waals surface area contributed by atoms with Crippen LogP contribution in [-0.4, -0.2) is 21.2 Å². The number of nitriles is 1. The number of nitrogens with one attached hydrogen (secondary N) is 1. The van der Waals surface area contributed by atoms with Gasteiger partial charge < -0.3 is 18.7 Å². The molecule has 29 heavy (non-hydrogen) atoms. The third-order valence-corrected chi connectivity index (χ3v) is 5.52. The molecule has 1 aromatic carbocycles. The molecule has 146 valence electrons. The van der Waals surface area contributed by atoms with Crippen molar-refractivity contribution in [1.82, 2.24) is 9.55 Å². The van der Waals surface area contributed by atoms with Crippen molar-refractivity contribution in [3.05, 3.63) is 65.2 Å². The van der Waals surface area contributed by atoms with E-state index in [1.54, 1.807) is 6.26 Å². The maximum Gasteiger partial charge on any atom is 0.257 e. The molecular formula is C21H18N4O3S. The first-order valence-electron chi connectivity index (χ1n) is 8.97. The van der Waals surface area contributed by atoms with Crippen molar-refractivity contribution in [2.24, 2.45) is 0 Å². The van der Waals surface area contributed by atoms with Gasteiger partial charge in [0.05, 0.1) is 24.1 Å². The predicted octanol–water partition coefficient (Wildman–Crippen LogP) is 4.49.